The molecule has 276 valence electrons. The fourth-order valence-corrected chi connectivity index (χ4v) is 8.77. The predicted molar refractivity (Wildman–Crippen MR) is 237 cm³/mol. The van der Waals surface area contributed by atoms with Crippen LogP contribution in [0.5, 0.6) is 0 Å². The van der Waals surface area contributed by atoms with Gasteiger partial charge in [0.05, 0.1) is 11.0 Å². The molecule has 0 amide bonds. The maximum atomic E-state index is 5.21. The van der Waals surface area contributed by atoms with Crippen molar-refractivity contribution in [1.29, 1.82) is 0 Å². The standard InChI is InChI=1S/C53H44N4/c1-52(2)28-29-53(3,4)46-34-48-44(33-45(46)52)43-22-14-15-23-47(43)57(48)42-26-24-38(25-27-42)50-54-49(37-20-12-7-13-21-37)55-51(56-50)41-31-39(35-16-8-5-9-17-35)30-40(32-41)36-18-10-6-11-19-36/h5-27,30-34H,28-29H2,1-4H3. The Bertz CT molecular complexity index is 2870. The van der Waals surface area contributed by atoms with Gasteiger partial charge in [-0.3, -0.25) is 0 Å². The second-order valence-corrected chi connectivity index (χ2v) is 16.8. The SMILES string of the molecule is CC1(C)CCC(C)(C)c2cc3c(cc21)c1ccccc1n3-c1ccc(-c2nc(-c3ccccc3)nc(-c3cc(-c4ccccc4)cc(-c4ccccc4)c3)n2)cc1. The van der Waals surface area contributed by atoms with Gasteiger partial charge in [-0.05, 0) is 118 Å². The summed E-state index contributed by atoms with van der Waals surface area (Å²) in [6.45, 7) is 9.62. The topological polar surface area (TPSA) is 43.6 Å². The Hall–Kier alpha value is -6.65. The van der Waals surface area contributed by atoms with Gasteiger partial charge in [0.25, 0.3) is 0 Å². The van der Waals surface area contributed by atoms with E-state index in [1.165, 1.54) is 45.8 Å². The molecule has 2 aromatic heterocycles. The van der Waals surface area contributed by atoms with Crippen molar-refractivity contribution in [2.24, 2.45) is 0 Å². The molecule has 0 unspecified atom stereocenters. The molecule has 2 heterocycles. The zero-order valence-electron chi connectivity index (χ0n) is 32.9. The molecule has 0 spiro atoms. The van der Waals surface area contributed by atoms with Crippen LogP contribution in [0.4, 0.5) is 0 Å². The molecule has 0 N–H and O–H groups in total. The lowest BCUT2D eigenvalue weighted by Gasteiger charge is -2.42. The molecule has 4 nitrogen and oxygen atoms in total. The van der Waals surface area contributed by atoms with E-state index in [1.54, 1.807) is 0 Å². The Morgan fingerprint density at radius 1 is 0.368 bits per heavy atom. The molecular formula is C53H44N4. The molecule has 0 radical (unpaired) electrons. The first-order valence-electron chi connectivity index (χ1n) is 20.0. The molecule has 57 heavy (non-hydrogen) atoms. The summed E-state index contributed by atoms with van der Waals surface area (Å²) in [4.78, 5) is 15.4. The molecule has 1 aliphatic rings. The Morgan fingerprint density at radius 3 is 1.37 bits per heavy atom. The van der Waals surface area contributed by atoms with Crippen LogP contribution in [0.15, 0.2) is 170 Å². The van der Waals surface area contributed by atoms with E-state index in [-0.39, 0.29) is 10.8 Å². The minimum Gasteiger partial charge on any atom is -0.309 e. The Labute approximate surface area is 334 Å². The molecule has 0 atom stereocenters. The molecular weight excluding hydrogens is 693 g/mol. The normalized spacial score (nSPS) is 14.5. The van der Waals surface area contributed by atoms with Crippen molar-refractivity contribution in [2.75, 3.05) is 0 Å². The van der Waals surface area contributed by atoms with Crippen LogP contribution in [-0.2, 0) is 10.8 Å². The molecule has 0 aliphatic heterocycles. The highest BCUT2D eigenvalue weighted by molar-refractivity contribution is 6.10. The monoisotopic (exact) mass is 736 g/mol. The van der Waals surface area contributed by atoms with Crippen LogP contribution < -0.4 is 0 Å². The molecule has 1 aliphatic carbocycles. The number of fused-ring (bicyclic) bond motifs is 4. The van der Waals surface area contributed by atoms with Crippen molar-refractivity contribution < 1.29 is 0 Å². The first-order chi connectivity index (χ1) is 27.7. The minimum absolute atomic E-state index is 0.111. The third-order valence-corrected chi connectivity index (χ3v) is 12.1. The smallest absolute Gasteiger partial charge is 0.164 e. The summed E-state index contributed by atoms with van der Waals surface area (Å²) in [5, 5.41) is 2.59. The molecule has 0 fully saturated rings. The quantitative estimate of drug-likeness (QED) is 0.171. The van der Waals surface area contributed by atoms with Crippen LogP contribution in [-0.4, -0.2) is 19.5 Å². The molecule has 10 rings (SSSR count). The van der Waals surface area contributed by atoms with Crippen LogP contribution in [0.25, 0.3) is 83.9 Å². The maximum Gasteiger partial charge on any atom is 0.164 e. The number of nitrogens with zero attached hydrogens (tertiary/aromatic N) is 4. The Morgan fingerprint density at radius 2 is 0.807 bits per heavy atom. The van der Waals surface area contributed by atoms with Crippen LogP contribution in [0.3, 0.4) is 0 Å². The average molecular weight is 737 g/mol. The highest BCUT2D eigenvalue weighted by Gasteiger charge is 2.37. The van der Waals surface area contributed by atoms with Gasteiger partial charge in [0.2, 0.25) is 0 Å². The van der Waals surface area contributed by atoms with E-state index in [9.17, 15) is 0 Å². The van der Waals surface area contributed by atoms with Gasteiger partial charge in [0.15, 0.2) is 17.5 Å². The summed E-state index contributed by atoms with van der Waals surface area (Å²) >= 11 is 0. The van der Waals surface area contributed by atoms with Crippen molar-refractivity contribution >= 4 is 21.8 Å². The number of hydrogen-bond acceptors (Lipinski definition) is 3. The van der Waals surface area contributed by atoms with Gasteiger partial charge in [-0.1, -0.05) is 137 Å². The number of benzene rings is 7. The largest absolute Gasteiger partial charge is 0.309 e. The second-order valence-electron chi connectivity index (χ2n) is 16.8. The van der Waals surface area contributed by atoms with Gasteiger partial charge >= 0.3 is 0 Å². The lowest BCUT2D eigenvalue weighted by Crippen LogP contribution is -2.33. The number of hydrogen-bond donors (Lipinski definition) is 0. The molecule has 9 aromatic rings. The molecule has 7 aromatic carbocycles. The van der Waals surface area contributed by atoms with E-state index >= 15 is 0 Å². The highest BCUT2D eigenvalue weighted by atomic mass is 15.0. The van der Waals surface area contributed by atoms with Crippen LogP contribution >= 0.6 is 0 Å². The molecule has 0 saturated heterocycles. The van der Waals surface area contributed by atoms with E-state index in [0.717, 1.165) is 44.6 Å². The lowest BCUT2D eigenvalue weighted by atomic mass is 9.63. The number of aromatic nitrogens is 4. The number of rotatable bonds is 6. The van der Waals surface area contributed by atoms with Crippen LogP contribution in [0.1, 0.15) is 51.7 Å². The summed E-state index contributed by atoms with van der Waals surface area (Å²) in [5.41, 5.74) is 14.1. The summed E-state index contributed by atoms with van der Waals surface area (Å²) in [7, 11) is 0. The first-order valence-corrected chi connectivity index (χ1v) is 20.0. The van der Waals surface area contributed by atoms with Gasteiger partial charge in [-0.15, -0.1) is 0 Å². The zero-order valence-corrected chi connectivity index (χ0v) is 32.9. The number of para-hydroxylation sites is 1. The van der Waals surface area contributed by atoms with E-state index in [2.05, 4.69) is 184 Å². The Balaban J connectivity index is 1.13. The van der Waals surface area contributed by atoms with Crippen molar-refractivity contribution in [3.05, 3.63) is 181 Å². The van der Waals surface area contributed by atoms with Crippen molar-refractivity contribution in [3.8, 4) is 62.1 Å². The van der Waals surface area contributed by atoms with Gasteiger partial charge in [0.1, 0.15) is 0 Å². The van der Waals surface area contributed by atoms with E-state index in [1.807, 2.05) is 18.2 Å². The fraction of sp³-hybridized carbons (Fsp3) is 0.151. The van der Waals surface area contributed by atoms with Gasteiger partial charge < -0.3 is 4.57 Å². The third-order valence-electron chi connectivity index (χ3n) is 12.1. The summed E-state index contributed by atoms with van der Waals surface area (Å²) in [5.74, 6) is 1.91. The fourth-order valence-electron chi connectivity index (χ4n) is 8.77. The average Bonchev–Trinajstić information content (AvgIpc) is 3.59. The Kier molecular flexibility index (Phi) is 8.26. The summed E-state index contributed by atoms with van der Waals surface area (Å²) < 4.78 is 2.43. The van der Waals surface area contributed by atoms with Crippen LogP contribution in [0.2, 0.25) is 0 Å². The third kappa shape index (κ3) is 6.22. The van der Waals surface area contributed by atoms with Gasteiger partial charge in [0, 0.05) is 33.2 Å². The van der Waals surface area contributed by atoms with Crippen molar-refractivity contribution in [2.45, 2.75) is 51.4 Å². The second kappa shape index (κ2) is 13.5. The first kappa shape index (κ1) is 34.8. The van der Waals surface area contributed by atoms with Crippen molar-refractivity contribution in [3.63, 3.8) is 0 Å². The van der Waals surface area contributed by atoms with Crippen molar-refractivity contribution in [1.82, 2.24) is 19.5 Å². The van der Waals surface area contributed by atoms with E-state index < -0.39 is 0 Å². The van der Waals surface area contributed by atoms with E-state index in [4.69, 9.17) is 15.0 Å². The highest BCUT2D eigenvalue weighted by Crippen LogP contribution is 2.48. The molecule has 0 bridgehead atoms. The minimum atomic E-state index is 0.111. The molecule has 0 saturated carbocycles. The van der Waals surface area contributed by atoms with Crippen LogP contribution in [0, 0.1) is 0 Å². The summed E-state index contributed by atoms with van der Waals surface area (Å²) in [6, 6.07) is 60.4. The van der Waals surface area contributed by atoms with E-state index in [0.29, 0.717) is 17.5 Å². The van der Waals surface area contributed by atoms with Gasteiger partial charge in [-0.25, -0.2) is 15.0 Å². The van der Waals surface area contributed by atoms with Gasteiger partial charge in [-0.2, -0.15) is 0 Å². The molecule has 4 heteroatoms. The zero-order chi connectivity index (χ0) is 38.7. The predicted octanol–water partition coefficient (Wildman–Crippen LogP) is 13.7. The summed E-state index contributed by atoms with van der Waals surface area (Å²) in [6.07, 6.45) is 2.37. The maximum absolute atomic E-state index is 5.21. The lowest BCUT2D eigenvalue weighted by molar-refractivity contribution is 0.332.